The van der Waals surface area contributed by atoms with Crippen LogP contribution < -0.4 is 0 Å². The van der Waals surface area contributed by atoms with Crippen molar-refractivity contribution in [3.63, 3.8) is 0 Å². The average molecular weight is 222 g/mol. The minimum atomic E-state index is -0.860. The molecular weight excluding hydrogens is 205 g/mol. The monoisotopic (exact) mass is 220 g/mol. The fraction of sp³-hybridized carbons (Fsp3) is 0.667. The number of rotatable bonds is 6. The van der Waals surface area contributed by atoms with Crippen LogP contribution in [0.3, 0.4) is 0 Å². The molecule has 0 saturated heterocycles. The second kappa shape index (κ2) is 8.93. The van der Waals surface area contributed by atoms with Crippen molar-refractivity contribution in [2.45, 2.75) is 39.0 Å². The predicted molar refractivity (Wildman–Crippen MR) is 45.5 cm³/mol. The Labute approximate surface area is 86.8 Å². The molecule has 0 aromatic carbocycles. The summed E-state index contributed by atoms with van der Waals surface area (Å²) in [6.07, 6.45) is 5.07. The summed E-state index contributed by atoms with van der Waals surface area (Å²) in [7, 11) is 0. The van der Waals surface area contributed by atoms with Gasteiger partial charge in [-0.15, -0.1) is 0 Å². The van der Waals surface area contributed by atoms with Crippen molar-refractivity contribution in [2.75, 3.05) is 0 Å². The smallest absolute Gasteiger partial charge is 0.330 e. The number of hydrogen-bond donors (Lipinski definition) is 1. The third kappa shape index (κ3) is 7.94. The first-order valence-electron chi connectivity index (χ1n) is 4.09. The summed E-state index contributed by atoms with van der Waals surface area (Å²) in [5.74, 6) is -0.860. The van der Waals surface area contributed by atoms with Gasteiger partial charge in [0.25, 0.3) is 0 Å². The van der Waals surface area contributed by atoms with E-state index in [1.807, 2.05) is 0 Å². The van der Waals surface area contributed by atoms with E-state index in [1.165, 1.54) is 12.8 Å². The van der Waals surface area contributed by atoms with Crippen LogP contribution in [0.2, 0.25) is 0 Å². The van der Waals surface area contributed by atoms with Crippen molar-refractivity contribution in [2.24, 2.45) is 0 Å². The van der Waals surface area contributed by atoms with Gasteiger partial charge in [-0.2, -0.15) is 0 Å². The Kier molecular flexibility index (Phi) is 10.7. The Morgan fingerprint density at radius 1 is 1.33 bits per heavy atom. The van der Waals surface area contributed by atoms with Gasteiger partial charge in [-0.05, 0) is 12.8 Å². The molecule has 66 valence electrons. The molecule has 0 unspecified atom stereocenters. The quantitative estimate of drug-likeness (QED) is 0.425. The Morgan fingerprint density at radius 2 is 1.92 bits per heavy atom. The van der Waals surface area contributed by atoms with E-state index in [0.717, 1.165) is 12.8 Å². The zero-order valence-electron chi connectivity index (χ0n) is 7.81. The first-order chi connectivity index (χ1) is 5.18. The van der Waals surface area contributed by atoms with Gasteiger partial charge >= 0.3 is 5.97 Å². The molecule has 0 heterocycles. The van der Waals surface area contributed by atoms with Gasteiger partial charge in [-0.1, -0.05) is 32.8 Å². The zero-order valence-corrected chi connectivity index (χ0v) is 10.8. The largest absolute Gasteiger partial charge is 0.478 e. The maximum Gasteiger partial charge on any atom is 0.330 e. The van der Waals surface area contributed by atoms with Gasteiger partial charge in [0.1, 0.15) is 0 Å². The van der Waals surface area contributed by atoms with Gasteiger partial charge in [0, 0.05) is 25.1 Å². The minimum absolute atomic E-state index is 0. The fourth-order valence-electron chi connectivity index (χ4n) is 0.872. The van der Waals surface area contributed by atoms with E-state index in [1.54, 1.807) is 0 Å². The van der Waals surface area contributed by atoms with E-state index in [9.17, 15) is 4.79 Å². The molecule has 0 aliphatic heterocycles. The molecule has 0 aromatic heterocycles. The van der Waals surface area contributed by atoms with Crippen molar-refractivity contribution in [1.82, 2.24) is 0 Å². The van der Waals surface area contributed by atoms with Crippen LogP contribution in [0, 0.1) is 0 Å². The van der Waals surface area contributed by atoms with Crippen molar-refractivity contribution in [3.05, 3.63) is 12.2 Å². The van der Waals surface area contributed by atoms with Crippen LogP contribution >= 0.6 is 0 Å². The van der Waals surface area contributed by atoms with Gasteiger partial charge < -0.3 is 5.11 Å². The van der Waals surface area contributed by atoms with Crippen molar-refractivity contribution >= 4 is 5.97 Å². The standard InChI is InChI=1S/C9H16O2.Zn/c1-3-4-5-6-7-8(2)9(10)11;/h2-7H2,1H3,(H,10,11);. The van der Waals surface area contributed by atoms with Crippen molar-refractivity contribution in [3.8, 4) is 0 Å². The van der Waals surface area contributed by atoms with Gasteiger partial charge in [0.2, 0.25) is 0 Å². The fourth-order valence-corrected chi connectivity index (χ4v) is 0.872. The molecule has 0 aliphatic rings. The summed E-state index contributed by atoms with van der Waals surface area (Å²) in [6.45, 7) is 5.58. The maximum atomic E-state index is 10.3. The topological polar surface area (TPSA) is 37.3 Å². The predicted octanol–water partition coefficient (Wildman–Crippen LogP) is 2.60. The molecule has 12 heavy (non-hydrogen) atoms. The number of aliphatic carboxylic acids is 1. The Morgan fingerprint density at radius 3 is 2.33 bits per heavy atom. The van der Waals surface area contributed by atoms with Crippen molar-refractivity contribution in [1.29, 1.82) is 0 Å². The van der Waals surface area contributed by atoms with Gasteiger partial charge in [-0.25, -0.2) is 4.79 Å². The van der Waals surface area contributed by atoms with Crippen molar-refractivity contribution < 1.29 is 29.4 Å². The van der Waals surface area contributed by atoms with E-state index >= 15 is 0 Å². The third-order valence-corrected chi connectivity index (χ3v) is 1.63. The maximum absolute atomic E-state index is 10.3. The first kappa shape index (κ1) is 14.4. The molecular formula is C9H16O2Zn. The average Bonchev–Trinajstić information content (AvgIpc) is 1.97. The molecule has 0 amide bonds. The first-order valence-corrected chi connectivity index (χ1v) is 4.09. The van der Waals surface area contributed by atoms with E-state index in [2.05, 4.69) is 13.5 Å². The molecule has 0 bridgehead atoms. The van der Waals surface area contributed by atoms with Crippen LogP contribution in [0.5, 0.6) is 0 Å². The Bertz CT molecular complexity index is 143. The number of carbonyl (C=O) groups is 1. The Balaban J connectivity index is 0. The van der Waals surface area contributed by atoms with Gasteiger partial charge in [-0.3, -0.25) is 0 Å². The number of unbranched alkanes of at least 4 members (excludes halogenated alkanes) is 3. The molecule has 0 radical (unpaired) electrons. The molecule has 0 spiro atoms. The molecule has 0 rings (SSSR count). The molecule has 1 N–H and O–H groups in total. The molecule has 3 heteroatoms. The van der Waals surface area contributed by atoms with Crippen LogP contribution in [0.4, 0.5) is 0 Å². The summed E-state index contributed by atoms with van der Waals surface area (Å²) in [5.41, 5.74) is 0.334. The summed E-state index contributed by atoms with van der Waals surface area (Å²) in [5, 5.41) is 8.44. The third-order valence-electron chi connectivity index (χ3n) is 1.63. The molecule has 0 aliphatic carbocycles. The van der Waals surface area contributed by atoms with Crippen LogP contribution in [-0.4, -0.2) is 11.1 Å². The number of carboxylic acids is 1. The van der Waals surface area contributed by atoms with Crippen LogP contribution in [-0.2, 0) is 24.3 Å². The second-order valence-corrected chi connectivity index (χ2v) is 2.72. The summed E-state index contributed by atoms with van der Waals surface area (Å²) in [6, 6.07) is 0. The second-order valence-electron chi connectivity index (χ2n) is 2.72. The summed E-state index contributed by atoms with van der Waals surface area (Å²) >= 11 is 0. The zero-order chi connectivity index (χ0) is 8.69. The van der Waals surface area contributed by atoms with E-state index in [4.69, 9.17) is 5.11 Å². The Hall–Kier alpha value is -0.167. The van der Waals surface area contributed by atoms with Gasteiger partial charge in [0.15, 0.2) is 0 Å². The van der Waals surface area contributed by atoms with E-state index in [-0.39, 0.29) is 19.5 Å². The summed E-state index contributed by atoms with van der Waals surface area (Å²) < 4.78 is 0. The van der Waals surface area contributed by atoms with Crippen LogP contribution in [0.1, 0.15) is 39.0 Å². The molecule has 0 atom stereocenters. The van der Waals surface area contributed by atoms with E-state index in [0.29, 0.717) is 12.0 Å². The SMILES string of the molecule is C=C(CCCCCC)C(=O)O.[Zn]. The molecule has 0 fully saturated rings. The molecule has 0 aromatic rings. The van der Waals surface area contributed by atoms with Crippen LogP contribution in [0.25, 0.3) is 0 Å². The van der Waals surface area contributed by atoms with E-state index < -0.39 is 5.97 Å². The van der Waals surface area contributed by atoms with Crippen LogP contribution in [0.15, 0.2) is 12.2 Å². The van der Waals surface area contributed by atoms with Gasteiger partial charge in [0.05, 0.1) is 0 Å². The molecule has 2 nitrogen and oxygen atoms in total. The number of hydrogen-bond acceptors (Lipinski definition) is 1. The molecule has 0 saturated carbocycles. The number of carboxylic acid groups (broad SMARTS) is 1. The minimum Gasteiger partial charge on any atom is -0.478 e. The normalized spacial score (nSPS) is 8.75. The summed E-state index contributed by atoms with van der Waals surface area (Å²) in [4.78, 5) is 10.3.